The van der Waals surface area contributed by atoms with Crippen molar-refractivity contribution in [3.8, 4) is 0 Å². The first kappa shape index (κ1) is 16.5. The van der Waals surface area contributed by atoms with Crippen molar-refractivity contribution in [1.82, 2.24) is 4.90 Å². The van der Waals surface area contributed by atoms with E-state index in [1.54, 1.807) is 22.3 Å². The molecule has 0 spiro atoms. The molecule has 22 heavy (non-hydrogen) atoms. The standard InChI is InChI=1S/C18H21NO2S/c1-14(2)10-18(21)19(11-15-6-4-3-5-7-15)12-17(20)16-8-9-22-13-16/h3-10,13,17,20H,11-12H2,1-2H3. The maximum Gasteiger partial charge on any atom is 0.246 e. The molecule has 0 bridgehead atoms. The van der Waals surface area contributed by atoms with Gasteiger partial charge in [-0.25, -0.2) is 0 Å². The molecule has 0 aliphatic heterocycles. The van der Waals surface area contributed by atoms with Gasteiger partial charge in [0, 0.05) is 12.6 Å². The molecule has 1 atom stereocenters. The molecular weight excluding hydrogens is 294 g/mol. The van der Waals surface area contributed by atoms with Gasteiger partial charge in [-0.05, 0) is 41.8 Å². The summed E-state index contributed by atoms with van der Waals surface area (Å²) in [6.07, 6.45) is 0.952. The van der Waals surface area contributed by atoms with Gasteiger partial charge < -0.3 is 10.0 Å². The maximum atomic E-state index is 12.4. The van der Waals surface area contributed by atoms with Gasteiger partial charge in [0.1, 0.15) is 0 Å². The first-order valence-electron chi connectivity index (χ1n) is 7.24. The number of aliphatic hydroxyl groups excluding tert-OH is 1. The quantitative estimate of drug-likeness (QED) is 0.824. The van der Waals surface area contributed by atoms with Crippen LogP contribution < -0.4 is 0 Å². The van der Waals surface area contributed by atoms with Gasteiger partial charge in [-0.3, -0.25) is 4.79 Å². The second-order valence-corrected chi connectivity index (χ2v) is 6.28. The van der Waals surface area contributed by atoms with Crippen LogP contribution in [0.5, 0.6) is 0 Å². The first-order chi connectivity index (χ1) is 10.6. The van der Waals surface area contributed by atoms with E-state index in [0.29, 0.717) is 6.54 Å². The first-order valence-corrected chi connectivity index (χ1v) is 8.18. The Bertz CT molecular complexity index is 616. The number of amides is 1. The lowest BCUT2D eigenvalue weighted by Crippen LogP contribution is -2.33. The molecule has 1 unspecified atom stereocenters. The SMILES string of the molecule is CC(C)=CC(=O)N(Cc1ccccc1)CC(O)c1ccsc1. The van der Waals surface area contributed by atoms with Crippen molar-refractivity contribution in [1.29, 1.82) is 0 Å². The Morgan fingerprint density at radius 1 is 1.27 bits per heavy atom. The molecule has 2 rings (SSSR count). The highest BCUT2D eigenvalue weighted by atomic mass is 32.1. The number of aliphatic hydroxyl groups is 1. The van der Waals surface area contributed by atoms with Crippen LogP contribution >= 0.6 is 11.3 Å². The third-order valence-electron chi connectivity index (χ3n) is 3.26. The molecule has 1 amide bonds. The number of benzene rings is 1. The number of allylic oxidation sites excluding steroid dienone is 1. The van der Waals surface area contributed by atoms with E-state index >= 15 is 0 Å². The molecule has 0 saturated carbocycles. The van der Waals surface area contributed by atoms with E-state index < -0.39 is 6.10 Å². The molecule has 0 aliphatic rings. The summed E-state index contributed by atoms with van der Waals surface area (Å²) in [5.41, 5.74) is 2.86. The third kappa shape index (κ3) is 4.83. The highest BCUT2D eigenvalue weighted by Crippen LogP contribution is 2.19. The summed E-state index contributed by atoms with van der Waals surface area (Å²) in [4.78, 5) is 14.1. The van der Waals surface area contributed by atoms with Gasteiger partial charge in [-0.2, -0.15) is 11.3 Å². The molecule has 3 nitrogen and oxygen atoms in total. The van der Waals surface area contributed by atoms with Gasteiger partial charge in [-0.1, -0.05) is 35.9 Å². The van der Waals surface area contributed by atoms with Gasteiger partial charge in [-0.15, -0.1) is 0 Å². The van der Waals surface area contributed by atoms with Gasteiger partial charge in [0.15, 0.2) is 0 Å². The predicted molar refractivity (Wildman–Crippen MR) is 90.6 cm³/mol. The van der Waals surface area contributed by atoms with Crippen LogP contribution in [0.2, 0.25) is 0 Å². The fourth-order valence-corrected chi connectivity index (χ4v) is 2.86. The normalized spacial score (nSPS) is 11.8. The van der Waals surface area contributed by atoms with Crippen LogP contribution in [0.1, 0.15) is 31.1 Å². The molecular formula is C18H21NO2S. The zero-order valence-electron chi connectivity index (χ0n) is 12.9. The fourth-order valence-electron chi connectivity index (χ4n) is 2.15. The molecule has 1 N–H and O–H groups in total. The number of carbonyl (C=O) groups is 1. The predicted octanol–water partition coefficient (Wildman–Crippen LogP) is 3.78. The summed E-state index contributed by atoms with van der Waals surface area (Å²) in [6.45, 7) is 4.57. The highest BCUT2D eigenvalue weighted by Gasteiger charge is 2.18. The number of thiophene rings is 1. The summed E-state index contributed by atoms with van der Waals surface area (Å²) in [5.74, 6) is -0.0712. The molecule has 2 aromatic rings. The molecule has 1 heterocycles. The summed E-state index contributed by atoms with van der Waals surface area (Å²) in [6, 6.07) is 11.7. The number of carbonyl (C=O) groups excluding carboxylic acids is 1. The van der Waals surface area contributed by atoms with E-state index in [0.717, 1.165) is 16.7 Å². The van der Waals surface area contributed by atoms with Gasteiger partial charge in [0.2, 0.25) is 5.91 Å². The zero-order valence-corrected chi connectivity index (χ0v) is 13.7. The Balaban J connectivity index is 2.14. The van der Waals surface area contributed by atoms with Crippen LogP contribution in [0, 0.1) is 0 Å². The average Bonchev–Trinajstić information content (AvgIpc) is 3.01. The van der Waals surface area contributed by atoms with Crippen LogP contribution in [0.3, 0.4) is 0 Å². The molecule has 4 heteroatoms. The van der Waals surface area contributed by atoms with Gasteiger partial charge >= 0.3 is 0 Å². The summed E-state index contributed by atoms with van der Waals surface area (Å²) >= 11 is 1.54. The number of hydrogen-bond donors (Lipinski definition) is 1. The summed E-state index contributed by atoms with van der Waals surface area (Å²) in [5, 5.41) is 14.2. The minimum absolute atomic E-state index is 0.0712. The van der Waals surface area contributed by atoms with Gasteiger partial charge in [0.25, 0.3) is 0 Å². The minimum Gasteiger partial charge on any atom is -0.387 e. The molecule has 116 valence electrons. The molecule has 0 aliphatic carbocycles. The smallest absolute Gasteiger partial charge is 0.246 e. The number of rotatable bonds is 6. The Hall–Kier alpha value is -1.91. The Morgan fingerprint density at radius 2 is 2.00 bits per heavy atom. The Kier molecular flexibility index (Phi) is 5.92. The second kappa shape index (κ2) is 7.92. The van der Waals surface area contributed by atoms with Crippen LogP contribution in [-0.4, -0.2) is 22.5 Å². The molecule has 0 radical (unpaired) electrons. The van der Waals surface area contributed by atoms with Gasteiger partial charge in [0.05, 0.1) is 12.6 Å². The molecule has 0 saturated heterocycles. The second-order valence-electron chi connectivity index (χ2n) is 5.50. The lowest BCUT2D eigenvalue weighted by atomic mass is 10.1. The molecule has 0 fully saturated rings. The topological polar surface area (TPSA) is 40.5 Å². The zero-order chi connectivity index (χ0) is 15.9. The van der Waals surface area contributed by atoms with Crippen LogP contribution in [-0.2, 0) is 11.3 Å². The Labute approximate surface area is 135 Å². The maximum absolute atomic E-state index is 12.4. The lowest BCUT2D eigenvalue weighted by Gasteiger charge is -2.24. The van der Waals surface area contributed by atoms with Crippen molar-refractivity contribution < 1.29 is 9.90 Å². The Morgan fingerprint density at radius 3 is 2.59 bits per heavy atom. The number of nitrogens with zero attached hydrogens (tertiary/aromatic N) is 1. The molecule has 1 aromatic carbocycles. The number of hydrogen-bond acceptors (Lipinski definition) is 3. The van der Waals surface area contributed by atoms with E-state index in [1.807, 2.05) is 61.0 Å². The van der Waals surface area contributed by atoms with Crippen molar-refractivity contribution in [2.45, 2.75) is 26.5 Å². The van der Waals surface area contributed by atoms with E-state index in [1.165, 1.54) is 0 Å². The van der Waals surface area contributed by atoms with Crippen molar-refractivity contribution in [2.24, 2.45) is 0 Å². The van der Waals surface area contributed by atoms with Crippen LogP contribution in [0.4, 0.5) is 0 Å². The van der Waals surface area contributed by atoms with Crippen molar-refractivity contribution in [3.05, 3.63) is 69.9 Å². The fraction of sp³-hybridized carbons (Fsp3) is 0.278. The van der Waals surface area contributed by atoms with Crippen molar-refractivity contribution >= 4 is 17.2 Å². The van der Waals surface area contributed by atoms with Crippen LogP contribution in [0.15, 0.2) is 58.8 Å². The van der Waals surface area contributed by atoms with E-state index in [9.17, 15) is 9.90 Å². The largest absolute Gasteiger partial charge is 0.387 e. The summed E-state index contributed by atoms with van der Waals surface area (Å²) in [7, 11) is 0. The summed E-state index contributed by atoms with van der Waals surface area (Å²) < 4.78 is 0. The average molecular weight is 315 g/mol. The van der Waals surface area contributed by atoms with E-state index in [4.69, 9.17) is 0 Å². The minimum atomic E-state index is -0.663. The van der Waals surface area contributed by atoms with Crippen molar-refractivity contribution in [2.75, 3.05) is 6.54 Å². The van der Waals surface area contributed by atoms with E-state index in [2.05, 4.69) is 0 Å². The monoisotopic (exact) mass is 315 g/mol. The van der Waals surface area contributed by atoms with Crippen molar-refractivity contribution in [3.63, 3.8) is 0 Å². The van der Waals surface area contributed by atoms with E-state index in [-0.39, 0.29) is 12.5 Å². The highest BCUT2D eigenvalue weighted by molar-refractivity contribution is 7.07. The third-order valence-corrected chi connectivity index (χ3v) is 3.96. The van der Waals surface area contributed by atoms with Crippen LogP contribution in [0.25, 0.3) is 0 Å². The lowest BCUT2D eigenvalue weighted by molar-refractivity contribution is -0.128. The molecule has 1 aromatic heterocycles.